The van der Waals surface area contributed by atoms with Crippen molar-refractivity contribution in [3.05, 3.63) is 48.3 Å². The van der Waals surface area contributed by atoms with Crippen LogP contribution in [0.2, 0.25) is 0 Å². The highest BCUT2D eigenvalue weighted by Crippen LogP contribution is 2.33. The number of nitrogens with one attached hydrogen (secondary N) is 2. The van der Waals surface area contributed by atoms with E-state index in [9.17, 15) is 13.2 Å². The summed E-state index contributed by atoms with van der Waals surface area (Å²) in [6, 6.07) is 11.5. The highest BCUT2D eigenvalue weighted by Gasteiger charge is 2.35. The van der Waals surface area contributed by atoms with Gasteiger partial charge >= 0.3 is 0 Å². The number of hydrogen-bond acceptors (Lipinski definition) is 6. The minimum absolute atomic E-state index is 0.0407. The lowest BCUT2D eigenvalue weighted by atomic mass is 9.95. The Balaban J connectivity index is 1.33. The predicted octanol–water partition coefficient (Wildman–Crippen LogP) is 3.04. The highest BCUT2D eigenvalue weighted by molar-refractivity contribution is 7.89. The van der Waals surface area contributed by atoms with E-state index in [0.29, 0.717) is 37.8 Å². The molecule has 1 saturated heterocycles. The summed E-state index contributed by atoms with van der Waals surface area (Å²) in [5, 5.41) is 0. The summed E-state index contributed by atoms with van der Waals surface area (Å²) < 4.78 is 40.1. The standard InChI is InChI=1S/C25H30N4O5S/c1-16(2)23(28-35(31,32)18-9-10-21-22(14-18)34-13-12-33-21)25(30)29-11-5-6-17(15-29)24-26-19-7-3-4-8-20(19)27-24/h3-4,7-10,14,16-17,23,28H,5-6,11-13,15H2,1-2H3,(H,26,27)/t17-,23+/m1/s1. The Morgan fingerprint density at radius 1 is 1.14 bits per heavy atom. The minimum Gasteiger partial charge on any atom is -0.486 e. The lowest BCUT2D eigenvalue weighted by Gasteiger charge is -2.35. The van der Waals surface area contributed by atoms with Gasteiger partial charge in [-0.25, -0.2) is 13.4 Å². The van der Waals surface area contributed by atoms with E-state index in [0.717, 1.165) is 29.7 Å². The number of nitrogens with zero attached hydrogens (tertiary/aromatic N) is 2. The summed E-state index contributed by atoms with van der Waals surface area (Å²) in [7, 11) is -3.96. The summed E-state index contributed by atoms with van der Waals surface area (Å²) in [5.41, 5.74) is 1.87. The first-order valence-corrected chi connectivity index (χ1v) is 13.5. The van der Waals surface area contributed by atoms with Crippen molar-refractivity contribution in [2.45, 2.75) is 43.5 Å². The van der Waals surface area contributed by atoms with E-state index in [1.165, 1.54) is 12.1 Å². The van der Waals surface area contributed by atoms with Gasteiger partial charge in [0, 0.05) is 25.1 Å². The van der Waals surface area contributed by atoms with Gasteiger partial charge in [0.05, 0.1) is 15.9 Å². The van der Waals surface area contributed by atoms with E-state index in [2.05, 4.69) is 9.71 Å². The number of carbonyl (C=O) groups excluding carboxylic acids is 1. The quantitative estimate of drug-likeness (QED) is 0.540. The van der Waals surface area contributed by atoms with E-state index in [1.807, 2.05) is 38.1 Å². The van der Waals surface area contributed by atoms with Crippen LogP contribution in [0.3, 0.4) is 0 Å². The normalized spacial score (nSPS) is 19.2. The summed E-state index contributed by atoms with van der Waals surface area (Å²) in [6.07, 6.45) is 1.74. The van der Waals surface area contributed by atoms with Crippen LogP contribution in [-0.4, -0.2) is 61.5 Å². The molecule has 0 aliphatic carbocycles. The zero-order valence-corrected chi connectivity index (χ0v) is 20.7. The van der Waals surface area contributed by atoms with Crippen molar-refractivity contribution in [1.82, 2.24) is 19.6 Å². The molecule has 9 nitrogen and oxygen atoms in total. The number of amides is 1. The van der Waals surface area contributed by atoms with Crippen molar-refractivity contribution in [3.8, 4) is 11.5 Å². The first kappa shape index (κ1) is 23.6. The maximum absolute atomic E-state index is 13.6. The van der Waals surface area contributed by atoms with Gasteiger partial charge in [0.2, 0.25) is 15.9 Å². The predicted molar refractivity (Wildman–Crippen MR) is 131 cm³/mol. The molecule has 5 rings (SSSR count). The lowest BCUT2D eigenvalue weighted by molar-refractivity contribution is -0.135. The number of benzene rings is 2. The van der Waals surface area contributed by atoms with Crippen molar-refractivity contribution < 1.29 is 22.7 Å². The Bertz CT molecular complexity index is 1300. The molecular formula is C25H30N4O5S. The molecule has 1 fully saturated rings. The number of fused-ring (bicyclic) bond motifs is 2. The molecule has 186 valence electrons. The number of aromatic nitrogens is 2. The second-order valence-electron chi connectivity index (χ2n) is 9.41. The molecule has 3 aromatic rings. The number of likely N-dealkylation sites (tertiary alicyclic amines) is 1. The van der Waals surface area contributed by atoms with E-state index < -0.39 is 16.1 Å². The number of carbonyl (C=O) groups is 1. The largest absolute Gasteiger partial charge is 0.486 e. The van der Waals surface area contributed by atoms with Crippen LogP contribution in [0.25, 0.3) is 11.0 Å². The average Bonchev–Trinajstić information content (AvgIpc) is 3.31. The molecule has 1 aromatic heterocycles. The lowest BCUT2D eigenvalue weighted by Crippen LogP contribution is -2.53. The smallest absolute Gasteiger partial charge is 0.241 e. The Morgan fingerprint density at radius 3 is 2.69 bits per heavy atom. The van der Waals surface area contributed by atoms with Crippen LogP contribution in [0.4, 0.5) is 0 Å². The minimum atomic E-state index is -3.96. The maximum Gasteiger partial charge on any atom is 0.241 e. The van der Waals surface area contributed by atoms with Crippen molar-refractivity contribution in [3.63, 3.8) is 0 Å². The number of imidazole rings is 1. The molecule has 2 aromatic carbocycles. The SMILES string of the molecule is CC(C)[C@H](NS(=O)(=O)c1ccc2c(c1)OCCO2)C(=O)N1CCC[C@@H](c2nc3ccccc3[nH]2)C1. The summed E-state index contributed by atoms with van der Waals surface area (Å²) in [4.78, 5) is 23.5. The van der Waals surface area contributed by atoms with Crippen molar-refractivity contribution >= 4 is 27.0 Å². The molecule has 10 heteroatoms. The molecule has 2 aliphatic heterocycles. The monoisotopic (exact) mass is 498 g/mol. The van der Waals surface area contributed by atoms with Gasteiger partial charge in [0.25, 0.3) is 0 Å². The van der Waals surface area contributed by atoms with E-state index in [-0.39, 0.29) is 22.6 Å². The van der Waals surface area contributed by atoms with Gasteiger partial charge in [-0.05, 0) is 43.0 Å². The van der Waals surface area contributed by atoms with E-state index in [4.69, 9.17) is 14.5 Å². The molecule has 0 radical (unpaired) electrons. The number of piperidine rings is 1. The van der Waals surface area contributed by atoms with Crippen LogP contribution in [0.1, 0.15) is 38.4 Å². The van der Waals surface area contributed by atoms with Gasteiger partial charge in [-0.1, -0.05) is 26.0 Å². The molecule has 2 aliphatic rings. The zero-order valence-electron chi connectivity index (χ0n) is 19.9. The highest BCUT2D eigenvalue weighted by atomic mass is 32.2. The van der Waals surface area contributed by atoms with Crippen LogP contribution in [0.5, 0.6) is 11.5 Å². The summed E-state index contributed by atoms with van der Waals surface area (Å²) in [6.45, 7) is 5.55. The Labute approximate surface area is 204 Å². The third-order valence-electron chi connectivity index (χ3n) is 6.57. The van der Waals surface area contributed by atoms with Crippen LogP contribution in [0.15, 0.2) is 47.4 Å². The van der Waals surface area contributed by atoms with Gasteiger partial charge < -0.3 is 19.4 Å². The van der Waals surface area contributed by atoms with Gasteiger partial charge in [-0.2, -0.15) is 4.72 Å². The molecule has 0 unspecified atom stereocenters. The Hall–Kier alpha value is -3.11. The zero-order chi connectivity index (χ0) is 24.6. The number of rotatable bonds is 6. The molecule has 0 saturated carbocycles. The molecule has 35 heavy (non-hydrogen) atoms. The number of ether oxygens (including phenoxy) is 2. The Morgan fingerprint density at radius 2 is 1.91 bits per heavy atom. The second-order valence-corrected chi connectivity index (χ2v) is 11.1. The second kappa shape index (κ2) is 9.50. The van der Waals surface area contributed by atoms with E-state index >= 15 is 0 Å². The summed E-state index contributed by atoms with van der Waals surface area (Å²) in [5.74, 6) is 1.37. The third-order valence-corrected chi connectivity index (χ3v) is 8.01. The fourth-order valence-corrected chi connectivity index (χ4v) is 6.01. The number of H-pyrrole nitrogens is 1. The number of aromatic amines is 1. The van der Waals surface area contributed by atoms with Crippen molar-refractivity contribution in [2.75, 3.05) is 26.3 Å². The average molecular weight is 499 g/mol. The van der Waals surface area contributed by atoms with Gasteiger partial charge in [-0.3, -0.25) is 4.79 Å². The molecule has 0 spiro atoms. The fourth-order valence-electron chi connectivity index (χ4n) is 4.66. The fraction of sp³-hybridized carbons (Fsp3) is 0.440. The van der Waals surface area contributed by atoms with Gasteiger partial charge in [0.1, 0.15) is 25.1 Å². The molecule has 0 bridgehead atoms. The molecule has 2 atom stereocenters. The number of sulfonamides is 1. The first-order chi connectivity index (χ1) is 16.8. The molecule has 2 N–H and O–H groups in total. The third kappa shape index (κ3) is 4.85. The molecule has 1 amide bonds. The topological polar surface area (TPSA) is 114 Å². The van der Waals surface area contributed by atoms with Crippen LogP contribution in [0, 0.1) is 5.92 Å². The van der Waals surface area contributed by atoms with Crippen LogP contribution < -0.4 is 14.2 Å². The van der Waals surface area contributed by atoms with Gasteiger partial charge in [0.15, 0.2) is 11.5 Å². The molecule has 3 heterocycles. The first-order valence-electron chi connectivity index (χ1n) is 12.0. The summed E-state index contributed by atoms with van der Waals surface area (Å²) >= 11 is 0. The van der Waals surface area contributed by atoms with E-state index in [1.54, 1.807) is 11.0 Å². The van der Waals surface area contributed by atoms with Crippen LogP contribution in [-0.2, 0) is 14.8 Å². The molecular weight excluding hydrogens is 468 g/mol. The van der Waals surface area contributed by atoms with Crippen molar-refractivity contribution in [1.29, 1.82) is 0 Å². The van der Waals surface area contributed by atoms with Gasteiger partial charge in [-0.15, -0.1) is 0 Å². The Kier molecular flexibility index (Phi) is 6.41. The maximum atomic E-state index is 13.6. The number of hydrogen-bond donors (Lipinski definition) is 2. The van der Waals surface area contributed by atoms with Crippen molar-refractivity contribution in [2.24, 2.45) is 5.92 Å². The number of para-hydroxylation sites is 2. The van der Waals surface area contributed by atoms with Crippen LogP contribution >= 0.6 is 0 Å².